The number of rotatable bonds is 12. The van der Waals surface area contributed by atoms with Gasteiger partial charge in [0, 0.05) is 62.2 Å². The van der Waals surface area contributed by atoms with Crippen LogP contribution in [0.15, 0.2) is 135 Å². The van der Waals surface area contributed by atoms with Crippen LogP contribution in [0.3, 0.4) is 0 Å². The maximum absolute atomic E-state index is 12.6. The number of fused-ring (bicyclic) bond motifs is 2. The van der Waals surface area contributed by atoms with Gasteiger partial charge in [-0.1, -0.05) is 49.6 Å². The summed E-state index contributed by atoms with van der Waals surface area (Å²) in [4.78, 5) is 72.6. The van der Waals surface area contributed by atoms with Crippen molar-refractivity contribution in [2.24, 2.45) is 23.3 Å². The van der Waals surface area contributed by atoms with Gasteiger partial charge < -0.3 is 46.3 Å². The standard InChI is InChI=1S/C28H33N5O4.C26H27N5O3.C3H3ClO/c1-28(2,3)37-27(35)32-16-14-19(17-32)22-13-15-30-33-24(25(29)34)23(31-26(22)33)18-9-11-21(12-10-18)36-20-7-5-4-6-8-20;1-2-22(32)30-15-13-18(16-30)21-12-14-28-31-24(25(27)33)23(29-26(21)31)17-8-10-20(11-9-17)34-19-6-4-3-5-7-19;1-2-3(4)5/h4-12,19,22,30H,13-17H2,1-3H3,(H2,29,34);2-11,18,21,28H,1,12-16H2,(H2,27,33);2H,1H2. The van der Waals surface area contributed by atoms with Crippen molar-refractivity contribution < 1.29 is 38.2 Å². The normalized spacial score (nSPS) is 18.4. The summed E-state index contributed by atoms with van der Waals surface area (Å²) < 4.78 is 20.8. The van der Waals surface area contributed by atoms with Crippen LogP contribution in [-0.2, 0) is 14.3 Å². The number of likely N-dealkylation sites (tertiary alicyclic amines) is 2. The predicted molar refractivity (Wildman–Crippen MR) is 290 cm³/mol. The van der Waals surface area contributed by atoms with Gasteiger partial charge in [-0.2, -0.15) is 0 Å². The van der Waals surface area contributed by atoms with Crippen molar-refractivity contribution in [2.75, 3.05) is 50.1 Å². The fourth-order valence-corrected chi connectivity index (χ4v) is 10.0. The Morgan fingerprint density at radius 3 is 1.38 bits per heavy atom. The Balaban J connectivity index is 0.000000186. The summed E-state index contributed by atoms with van der Waals surface area (Å²) in [6.07, 6.45) is 5.59. The summed E-state index contributed by atoms with van der Waals surface area (Å²) in [5.41, 5.74) is 21.0. The van der Waals surface area contributed by atoms with Gasteiger partial charge in [0.15, 0.2) is 11.4 Å². The van der Waals surface area contributed by atoms with E-state index in [-0.39, 0.29) is 35.7 Å². The monoisotopic (exact) mass is 1050 g/mol. The lowest BCUT2D eigenvalue weighted by molar-refractivity contribution is -0.125. The maximum Gasteiger partial charge on any atom is 0.410 e. The first kappa shape index (κ1) is 53.9. The summed E-state index contributed by atoms with van der Waals surface area (Å²) in [6, 6.07) is 34.0. The molecule has 2 saturated heterocycles. The number of hydrogen-bond donors (Lipinski definition) is 4. The number of aromatic nitrogens is 4. The number of benzene rings is 4. The highest BCUT2D eigenvalue weighted by Gasteiger charge is 2.41. The first-order chi connectivity index (χ1) is 36.5. The molecule has 2 aromatic heterocycles. The highest BCUT2D eigenvalue weighted by molar-refractivity contribution is 6.66. The summed E-state index contributed by atoms with van der Waals surface area (Å²) in [7, 11) is 0. The fourth-order valence-electron chi connectivity index (χ4n) is 10.0. The number of nitrogens with two attached hydrogens (primary N) is 2. The fraction of sp³-hybridized carbons (Fsp3) is 0.316. The van der Waals surface area contributed by atoms with Crippen molar-refractivity contribution in [1.29, 1.82) is 0 Å². The number of ether oxygens (including phenoxy) is 3. The van der Waals surface area contributed by atoms with Gasteiger partial charge in [-0.25, -0.2) is 24.1 Å². The molecule has 4 unspecified atom stereocenters. The number of halogens is 1. The van der Waals surface area contributed by atoms with Gasteiger partial charge in [-0.05, 0) is 155 Å². The number of primary amides is 2. The van der Waals surface area contributed by atoms with E-state index >= 15 is 0 Å². The molecule has 4 aliphatic heterocycles. The first-order valence-corrected chi connectivity index (χ1v) is 25.6. The van der Waals surface area contributed by atoms with Gasteiger partial charge in [0.2, 0.25) is 11.1 Å². The summed E-state index contributed by atoms with van der Waals surface area (Å²) in [5.74, 6) is 3.98. The summed E-state index contributed by atoms with van der Waals surface area (Å²) >= 11 is 4.71. The van der Waals surface area contributed by atoms with Gasteiger partial charge in [0.25, 0.3) is 11.8 Å². The molecule has 6 heterocycles. The number of carbonyl (C=O) groups excluding carboxylic acids is 5. The second kappa shape index (κ2) is 23.9. The largest absolute Gasteiger partial charge is 0.457 e. The third-order valence-corrected chi connectivity index (χ3v) is 13.6. The topological polar surface area (TPSA) is 231 Å². The number of nitrogens with zero attached hydrogens (tertiary/aromatic N) is 6. The molecule has 396 valence electrons. The van der Waals surface area contributed by atoms with Crippen molar-refractivity contribution in [2.45, 2.75) is 63.9 Å². The molecule has 76 heavy (non-hydrogen) atoms. The molecule has 6 aromatic rings. The average Bonchev–Trinajstić information content (AvgIpc) is 4.32. The minimum atomic E-state index is -0.548. The Labute approximate surface area is 446 Å². The lowest BCUT2D eigenvalue weighted by Gasteiger charge is -2.30. The molecule has 0 saturated carbocycles. The zero-order chi connectivity index (χ0) is 54.1. The van der Waals surface area contributed by atoms with Gasteiger partial charge >= 0.3 is 6.09 Å². The van der Waals surface area contributed by atoms with E-state index in [1.54, 1.807) is 14.3 Å². The van der Waals surface area contributed by atoms with Crippen LogP contribution in [-0.4, -0.2) is 103 Å². The van der Waals surface area contributed by atoms with Crippen molar-refractivity contribution in [3.8, 4) is 45.5 Å². The van der Waals surface area contributed by atoms with Crippen molar-refractivity contribution in [1.82, 2.24) is 29.1 Å². The van der Waals surface area contributed by atoms with E-state index < -0.39 is 22.7 Å². The number of imidazole rings is 2. The van der Waals surface area contributed by atoms with Crippen molar-refractivity contribution in [3.05, 3.63) is 158 Å². The number of nitrogens with one attached hydrogen (secondary N) is 2. The van der Waals surface area contributed by atoms with E-state index in [1.807, 2.05) is 135 Å². The van der Waals surface area contributed by atoms with E-state index in [0.717, 1.165) is 66.0 Å². The van der Waals surface area contributed by atoms with Crippen LogP contribution in [0.5, 0.6) is 23.0 Å². The van der Waals surface area contributed by atoms with Crippen LogP contribution in [0.1, 0.15) is 90.9 Å². The van der Waals surface area contributed by atoms with Crippen LogP contribution in [0.25, 0.3) is 22.5 Å². The second-order valence-corrected chi connectivity index (χ2v) is 20.1. The molecule has 0 radical (unpaired) electrons. The molecule has 19 heteroatoms. The van der Waals surface area contributed by atoms with Gasteiger partial charge in [-0.15, -0.1) is 0 Å². The van der Waals surface area contributed by atoms with Crippen molar-refractivity contribution in [3.63, 3.8) is 0 Å². The first-order valence-electron chi connectivity index (χ1n) is 25.2. The molecule has 4 aromatic carbocycles. The SMILES string of the molecule is C=CC(=O)Cl.C=CC(=O)N1CCC(C2CCNn3c2nc(-c2ccc(Oc4ccccc4)cc2)c3C(N)=O)C1.CC(C)(C)OC(=O)N1CCC(C2CCNn3c2nc(-c2ccc(Oc4ccccc4)cc2)c3C(N)=O)C1. The number of carbonyl (C=O) groups is 5. The smallest absolute Gasteiger partial charge is 0.410 e. The molecule has 18 nitrogen and oxygen atoms in total. The Morgan fingerprint density at radius 1 is 0.605 bits per heavy atom. The zero-order valence-electron chi connectivity index (χ0n) is 42.8. The third-order valence-electron chi connectivity index (χ3n) is 13.5. The van der Waals surface area contributed by atoms with Gasteiger partial charge in [0.1, 0.15) is 51.6 Å². The molecule has 6 N–H and O–H groups in total. The Morgan fingerprint density at radius 2 is 1.00 bits per heavy atom. The van der Waals surface area contributed by atoms with Gasteiger partial charge in [0.05, 0.1) is 0 Å². The molecule has 4 aliphatic rings. The molecule has 4 atom stereocenters. The van der Waals surface area contributed by atoms with Crippen LogP contribution in [0, 0.1) is 11.8 Å². The van der Waals surface area contributed by atoms with E-state index in [1.165, 1.54) is 6.08 Å². The molecule has 0 aliphatic carbocycles. The third kappa shape index (κ3) is 12.7. The highest BCUT2D eigenvalue weighted by atomic mass is 35.5. The molecule has 0 spiro atoms. The maximum atomic E-state index is 12.6. The minimum Gasteiger partial charge on any atom is -0.457 e. The molecule has 10 rings (SSSR count). The summed E-state index contributed by atoms with van der Waals surface area (Å²) in [5, 5.41) is -0.509. The average molecular weight is 1050 g/mol. The van der Waals surface area contributed by atoms with E-state index in [4.69, 9.17) is 47.2 Å². The Bertz CT molecular complexity index is 3060. The molecular formula is C57H63ClN10O8. The number of hydrogen-bond acceptors (Lipinski definition) is 12. The number of para-hydroxylation sites is 2. The lowest BCUT2D eigenvalue weighted by Crippen LogP contribution is -2.37. The van der Waals surface area contributed by atoms with E-state index in [2.05, 4.69) is 24.0 Å². The predicted octanol–water partition coefficient (Wildman–Crippen LogP) is 9.17. The molecule has 0 bridgehead atoms. The van der Waals surface area contributed by atoms with Gasteiger partial charge in [-0.3, -0.25) is 19.2 Å². The quantitative estimate of drug-likeness (QED) is 0.0664. The molecule has 4 amide bonds. The molecule has 2 fully saturated rings. The van der Waals surface area contributed by atoms with E-state index in [9.17, 15) is 24.0 Å². The summed E-state index contributed by atoms with van der Waals surface area (Å²) in [6.45, 7) is 16.3. The van der Waals surface area contributed by atoms with Crippen LogP contribution in [0.4, 0.5) is 4.79 Å². The number of allylic oxidation sites excluding steroid dienone is 1. The van der Waals surface area contributed by atoms with E-state index in [0.29, 0.717) is 73.5 Å². The van der Waals surface area contributed by atoms with Crippen LogP contribution >= 0.6 is 11.6 Å². The zero-order valence-corrected chi connectivity index (χ0v) is 43.6. The van der Waals surface area contributed by atoms with Crippen molar-refractivity contribution >= 4 is 40.7 Å². The number of amides is 4. The lowest BCUT2D eigenvalue weighted by atomic mass is 9.87. The molecular weight excluding hydrogens is 988 g/mol. The van der Waals surface area contributed by atoms with Crippen LogP contribution in [0.2, 0.25) is 0 Å². The second-order valence-electron chi connectivity index (χ2n) is 19.7. The Kier molecular flexibility index (Phi) is 16.9. The highest BCUT2D eigenvalue weighted by Crippen LogP contribution is 2.41. The minimum absolute atomic E-state index is 0.0453. The van der Waals surface area contributed by atoms with Crippen LogP contribution < -0.4 is 31.8 Å². The Hall–Kier alpha value is -8.38.